The summed E-state index contributed by atoms with van der Waals surface area (Å²) in [6, 6.07) is 0. The van der Waals surface area contributed by atoms with Crippen LogP contribution in [0.5, 0.6) is 0 Å². The SMILES string of the molecule is Nc1nc2c(ncn2[C@@H]2O[C@H](CO)[C@@H](F)[C@H]2OP(O)(=S)OC[C@H]2O[C@@H](c3cnn4c(N)ncnc34)C[C@@H]2O[P+](=O)S)c(=O)[nH]1. The molecular weight excluding hydrogens is 669 g/mol. The third-order valence-corrected chi connectivity index (χ3v) is 9.25. The van der Waals surface area contributed by atoms with E-state index in [0.717, 1.165) is 6.33 Å². The second-order valence-corrected chi connectivity index (χ2v) is 14.1. The number of halogens is 1. The summed E-state index contributed by atoms with van der Waals surface area (Å²) in [6.45, 7) is -5.44. The number of anilines is 2. The smallest absolute Gasteiger partial charge is 0.394 e. The Kier molecular flexibility index (Phi) is 8.67. The normalized spacial score (nSPS) is 29.0. The average Bonchev–Trinajstić information content (AvgIpc) is 3.73. The van der Waals surface area contributed by atoms with Crippen molar-refractivity contribution in [2.24, 2.45) is 0 Å². The highest BCUT2D eigenvalue weighted by Gasteiger charge is 2.50. The fourth-order valence-corrected chi connectivity index (χ4v) is 7.25. The van der Waals surface area contributed by atoms with Gasteiger partial charge in [-0.1, -0.05) is 0 Å². The number of H-pyrrole nitrogens is 1. The predicted molar refractivity (Wildman–Crippen MR) is 155 cm³/mol. The Balaban J connectivity index is 1.20. The molecule has 0 amide bonds. The first-order valence-corrected chi connectivity index (χ1v) is 17.6. The lowest BCUT2D eigenvalue weighted by molar-refractivity contribution is -0.0501. The molecule has 0 spiro atoms. The number of nitrogens with two attached hydrogens (primary N) is 2. The highest BCUT2D eigenvalue weighted by molar-refractivity contribution is 8.39. The van der Waals surface area contributed by atoms with Gasteiger partial charge in [-0.05, 0) is 16.4 Å². The van der Waals surface area contributed by atoms with Crippen LogP contribution in [-0.2, 0) is 39.4 Å². The summed E-state index contributed by atoms with van der Waals surface area (Å²) < 4.78 is 58.0. The standard InChI is InChI=1S/C20H23FN10O9P2S2/c21-12-10(3-32)38-18(30-6-26-13-16(30)28-19(22)29-17(13)33)14(12)40-42(35,44)36-4-11-9(39-41(34)43)1-8(37-11)7-2-27-31-15(7)24-5-25-20(31)23/h2,5-6,8-12,14,18,32H,1,3-4H2,(H6-,22,23,24,25,27,28,29,33,34,35,43,44)/p+1/t8-,9+,10-,11-,12-,14-,18-,42?/m1/s1. The van der Waals surface area contributed by atoms with Gasteiger partial charge in [0, 0.05) is 12.0 Å². The highest BCUT2D eigenvalue weighted by atomic mass is 32.7. The topological polar surface area (TPSA) is 262 Å². The third kappa shape index (κ3) is 5.95. The van der Waals surface area contributed by atoms with Crippen molar-refractivity contribution in [1.29, 1.82) is 0 Å². The number of aliphatic hydroxyl groups is 1. The first-order chi connectivity index (χ1) is 21.0. The van der Waals surface area contributed by atoms with E-state index in [9.17, 15) is 19.4 Å². The van der Waals surface area contributed by atoms with Gasteiger partial charge in [0.05, 0.1) is 31.8 Å². The van der Waals surface area contributed by atoms with Crippen molar-refractivity contribution in [3.05, 3.63) is 34.8 Å². The maximum atomic E-state index is 15.4. The number of rotatable bonds is 10. The molecule has 7 N–H and O–H groups in total. The van der Waals surface area contributed by atoms with Gasteiger partial charge in [0.15, 0.2) is 29.2 Å². The molecule has 2 aliphatic rings. The molecule has 9 atom stereocenters. The fraction of sp³-hybridized carbons (Fsp3) is 0.500. The molecule has 4 aromatic rings. The quantitative estimate of drug-likeness (QED) is 0.0948. The van der Waals surface area contributed by atoms with Crippen molar-refractivity contribution in [2.45, 2.75) is 49.3 Å². The Morgan fingerprint density at radius 2 is 2.07 bits per heavy atom. The Hall–Kier alpha value is -2.75. The summed E-state index contributed by atoms with van der Waals surface area (Å²) in [4.78, 5) is 41.6. The number of aromatic nitrogens is 8. The minimum absolute atomic E-state index is 0.0613. The van der Waals surface area contributed by atoms with E-state index in [0.29, 0.717) is 11.2 Å². The number of thiol groups is 1. The number of hydrogen-bond acceptors (Lipinski definition) is 16. The number of hydrogen-bond donors (Lipinski definition) is 6. The molecule has 0 aliphatic carbocycles. The lowest BCUT2D eigenvalue weighted by Gasteiger charge is -2.26. The van der Waals surface area contributed by atoms with Gasteiger partial charge < -0.3 is 35.5 Å². The van der Waals surface area contributed by atoms with Crippen LogP contribution >= 0.6 is 26.2 Å². The number of ether oxygens (including phenoxy) is 2. The number of nitrogens with one attached hydrogen (secondary N) is 1. The first kappa shape index (κ1) is 31.2. The van der Waals surface area contributed by atoms with Crippen molar-refractivity contribution < 1.29 is 42.0 Å². The number of nitrogen functional groups attached to an aromatic ring is 2. The van der Waals surface area contributed by atoms with E-state index in [-0.39, 0.29) is 29.5 Å². The highest BCUT2D eigenvalue weighted by Crippen LogP contribution is 2.51. The summed E-state index contributed by atoms with van der Waals surface area (Å²) in [5.74, 6) is -0.137. The second kappa shape index (κ2) is 12.2. The monoisotopic (exact) mass is 693 g/mol. The molecule has 2 saturated heterocycles. The van der Waals surface area contributed by atoms with Crippen molar-refractivity contribution in [2.75, 3.05) is 24.7 Å². The molecule has 4 aromatic heterocycles. The van der Waals surface area contributed by atoms with E-state index in [1.165, 1.54) is 21.6 Å². The Morgan fingerprint density at radius 3 is 2.82 bits per heavy atom. The van der Waals surface area contributed by atoms with E-state index < -0.39 is 75.6 Å². The van der Waals surface area contributed by atoms with E-state index in [1.807, 2.05) is 0 Å². The molecule has 2 fully saturated rings. The lowest BCUT2D eigenvalue weighted by atomic mass is 10.1. The molecule has 236 valence electrons. The van der Waals surface area contributed by atoms with Crippen LogP contribution in [-0.4, -0.2) is 92.9 Å². The number of nitrogens with zero attached hydrogens (tertiary/aromatic N) is 7. The van der Waals surface area contributed by atoms with Crippen LogP contribution in [0.15, 0.2) is 23.6 Å². The van der Waals surface area contributed by atoms with Crippen LogP contribution in [0.25, 0.3) is 16.8 Å². The van der Waals surface area contributed by atoms with E-state index in [4.69, 9.17) is 46.3 Å². The van der Waals surface area contributed by atoms with Gasteiger partial charge in [0.1, 0.15) is 43.0 Å². The minimum Gasteiger partial charge on any atom is -0.394 e. The molecule has 2 aliphatic heterocycles. The third-order valence-electron chi connectivity index (χ3n) is 6.96. The molecule has 0 bridgehead atoms. The van der Waals surface area contributed by atoms with Gasteiger partial charge >= 0.3 is 13.9 Å². The summed E-state index contributed by atoms with van der Waals surface area (Å²) in [6.07, 6.45) is -4.81. The summed E-state index contributed by atoms with van der Waals surface area (Å²) >= 11 is 9.01. The number of aliphatic hydroxyl groups excluding tert-OH is 1. The van der Waals surface area contributed by atoms with E-state index >= 15 is 4.39 Å². The second-order valence-electron chi connectivity index (χ2n) is 9.65. The zero-order valence-corrected chi connectivity index (χ0v) is 25.6. The molecule has 2 unspecified atom stereocenters. The van der Waals surface area contributed by atoms with Crippen molar-refractivity contribution in [3.63, 3.8) is 0 Å². The molecule has 0 radical (unpaired) electrons. The van der Waals surface area contributed by atoms with Crippen LogP contribution in [0.4, 0.5) is 16.3 Å². The van der Waals surface area contributed by atoms with Gasteiger partial charge in [-0.2, -0.15) is 14.6 Å². The zero-order chi connectivity index (χ0) is 31.3. The van der Waals surface area contributed by atoms with E-state index in [1.54, 1.807) is 0 Å². The number of aromatic amines is 1. The Labute approximate surface area is 256 Å². The molecule has 24 heteroatoms. The summed E-state index contributed by atoms with van der Waals surface area (Å²) in [7, 11) is -2.37. The molecule has 6 rings (SSSR count). The van der Waals surface area contributed by atoms with Crippen LogP contribution in [0.2, 0.25) is 0 Å². The summed E-state index contributed by atoms with van der Waals surface area (Å²) in [5, 5.41) is 13.8. The van der Waals surface area contributed by atoms with Crippen molar-refractivity contribution >= 4 is 66.7 Å². The number of imidazole rings is 1. The van der Waals surface area contributed by atoms with Crippen LogP contribution in [0.3, 0.4) is 0 Å². The lowest BCUT2D eigenvalue weighted by Crippen LogP contribution is -2.32. The molecular formula is C20H24FN10O9P2S2+. The maximum absolute atomic E-state index is 15.4. The predicted octanol–water partition coefficient (Wildman–Crippen LogP) is 0.0707. The first-order valence-electron chi connectivity index (χ1n) is 12.7. The zero-order valence-electron chi connectivity index (χ0n) is 22.1. The van der Waals surface area contributed by atoms with Crippen molar-refractivity contribution in [3.8, 4) is 0 Å². The van der Waals surface area contributed by atoms with Gasteiger partial charge in [-0.15, -0.1) is 4.52 Å². The van der Waals surface area contributed by atoms with E-state index in [2.05, 4.69) is 42.3 Å². The van der Waals surface area contributed by atoms with Crippen LogP contribution in [0.1, 0.15) is 24.3 Å². The summed E-state index contributed by atoms with van der Waals surface area (Å²) in [5.41, 5.74) is 11.6. The molecule has 6 heterocycles. The molecule has 0 saturated carbocycles. The number of fused-ring (bicyclic) bond motifs is 2. The number of alkyl halides is 1. The Bertz CT molecular complexity index is 1830. The van der Waals surface area contributed by atoms with Crippen LogP contribution < -0.4 is 17.0 Å². The van der Waals surface area contributed by atoms with Gasteiger partial charge in [0.25, 0.3) is 5.56 Å². The molecule has 0 aromatic carbocycles. The fourth-order valence-electron chi connectivity index (χ4n) is 5.03. The molecule has 44 heavy (non-hydrogen) atoms. The molecule has 19 nitrogen and oxygen atoms in total. The largest absolute Gasteiger partial charge is 0.582 e. The van der Waals surface area contributed by atoms with Gasteiger partial charge in [-0.3, -0.25) is 18.9 Å². The maximum Gasteiger partial charge on any atom is 0.582 e. The van der Waals surface area contributed by atoms with Gasteiger partial charge in [0.2, 0.25) is 11.9 Å². The van der Waals surface area contributed by atoms with Crippen LogP contribution in [0, 0.1) is 0 Å². The minimum atomic E-state index is -4.27. The van der Waals surface area contributed by atoms with Crippen molar-refractivity contribution in [1.82, 2.24) is 39.1 Å². The average molecular weight is 694 g/mol. The Morgan fingerprint density at radius 1 is 1.27 bits per heavy atom. The van der Waals surface area contributed by atoms with Gasteiger partial charge in [-0.25, -0.2) is 19.3 Å².